The number of carbonyl (C=O) groups excluding carboxylic acids is 1. The number of H-pyrrole nitrogens is 1. The summed E-state index contributed by atoms with van der Waals surface area (Å²) in [5.41, 5.74) is 1.88. The lowest BCUT2D eigenvalue weighted by Gasteiger charge is -2.09. The quantitative estimate of drug-likeness (QED) is 0.694. The molecular weight excluding hydrogens is 345 g/mol. The first-order valence-corrected chi connectivity index (χ1v) is 8.05. The van der Waals surface area contributed by atoms with E-state index in [2.05, 4.69) is 10.3 Å². The summed E-state index contributed by atoms with van der Waals surface area (Å²) in [6, 6.07) is 12.4. The Labute approximate surface area is 148 Å². The molecule has 0 saturated carbocycles. The van der Waals surface area contributed by atoms with Crippen LogP contribution in [0.25, 0.3) is 10.9 Å². The van der Waals surface area contributed by atoms with Crippen LogP contribution in [0.3, 0.4) is 0 Å². The predicted molar refractivity (Wildman–Crippen MR) is 91.6 cm³/mol. The van der Waals surface area contributed by atoms with Crippen LogP contribution in [0.2, 0.25) is 0 Å². The number of aromatic nitrogens is 1. The van der Waals surface area contributed by atoms with Crippen LogP contribution >= 0.6 is 0 Å². The van der Waals surface area contributed by atoms with Crippen molar-refractivity contribution in [1.82, 2.24) is 10.3 Å². The van der Waals surface area contributed by atoms with Crippen LogP contribution in [0.5, 0.6) is 0 Å². The lowest BCUT2D eigenvalue weighted by molar-refractivity contribution is -0.137. The zero-order chi connectivity index (χ0) is 18.6. The van der Waals surface area contributed by atoms with Crippen LogP contribution in [0.1, 0.15) is 16.7 Å². The third-order valence-corrected chi connectivity index (χ3v) is 3.99. The lowest BCUT2D eigenvalue weighted by Crippen LogP contribution is -2.26. The Morgan fingerprint density at radius 3 is 2.54 bits per heavy atom. The smallest absolute Gasteiger partial charge is 0.416 e. The molecule has 1 aromatic heterocycles. The van der Waals surface area contributed by atoms with E-state index < -0.39 is 17.8 Å². The Balaban J connectivity index is 1.44. The zero-order valence-electron chi connectivity index (χ0n) is 13.8. The van der Waals surface area contributed by atoms with Gasteiger partial charge in [-0.05, 0) is 35.7 Å². The molecule has 2 N–H and O–H groups in total. The SMILES string of the molecule is O=C(NCCc1c[nH]c2ccccc12)OCc1ccc(C(F)(F)F)cc1. The number of ether oxygens (including phenoxy) is 1. The average Bonchev–Trinajstić information content (AvgIpc) is 3.03. The summed E-state index contributed by atoms with van der Waals surface area (Å²) in [6.07, 6.45) is -2.44. The van der Waals surface area contributed by atoms with Crippen molar-refractivity contribution in [1.29, 1.82) is 0 Å². The number of aromatic amines is 1. The molecule has 7 heteroatoms. The van der Waals surface area contributed by atoms with E-state index in [9.17, 15) is 18.0 Å². The highest BCUT2D eigenvalue weighted by Gasteiger charge is 2.29. The molecule has 1 amide bonds. The number of amides is 1. The minimum absolute atomic E-state index is 0.0863. The molecule has 0 aliphatic carbocycles. The van der Waals surface area contributed by atoms with Gasteiger partial charge in [0.2, 0.25) is 0 Å². The number of fused-ring (bicyclic) bond motifs is 1. The summed E-state index contributed by atoms with van der Waals surface area (Å²) in [5, 5.41) is 3.74. The molecule has 0 bridgehead atoms. The summed E-state index contributed by atoms with van der Waals surface area (Å²) in [6.45, 7) is 0.310. The Morgan fingerprint density at radius 1 is 1.08 bits per heavy atom. The van der Waals surface area contributed by atoms with E-state index in [0.29, 0.717) is 18.5 Å². The van der Waals surface area contributed by atoms with E-state index in [4.69, 9.17) is 4.74 Å². The molecule has 4 nitrogen and oxygen atoms in total. The van der Waals surface area contributed by atoms with E-state index in [-0.39, 0.29) is 6.61 Å². The third-order valence-electron chi connectivity index (χ3n) is 3.99. The van der Waals surface area contributed by atoms with E-state index in [1.807, 2.05) is 30.5 Å². The summed E-state index contributed by atoms with van der Waals surface area (Å²) in [5.74, 6) is 0. The lowest BCUT2D eigenvalue weighted by atomic mass is 10.1. The summed E-state index contributed by atoms with van der Waals surface area (Å²) >= 11 is 0. The summed E-state index contributed by atoms with van der Waals surface area (Å²) < 4.78 is 42.5. The number of para-hydroxylation sites is 1. The van der Waals surface area contributed by atoms with Crippen molar-refractivity contribution in [2.45, 2.75) is 19.2 Å². The number of hydrogen-bond donors (Lipinski definition) is 2. The number of carbonyl (C=O) groups is 1. The minimum Gasteiger partial charge on any atom is -0.445 e. The van der Waals surface area contributed by atoms with Crippen molar-refractivity contribution in [2.24, 2.45) is 0 Å². The summed E-state index contributed by atoms with van der Waals surface area (Å²) in [7, 11) is 0. The third kappa shape index (κ3) is 4.36. The van der Waals surface area contributed by atoms with Crippen molar-refractivity contribution >= 4 is 17.0 Å². The van der Waals surface area contributed by atoms with Crippen LogP contribution in [0, 0.1) is 0 Å². The van der Waals surface area contributed by atoms with Gasteiger partial charge in [0.15, 0.2) is 0 Å². The molecule has 0 atom stereocenters. The molecule has 3 aromatic rings. The molecule has 0 unspecified atom stereocenters. The van der Waals surface area contributed by atoms with Crippen molar-refractivity contribution in [3.63, 3.8) is 0 Å². The molecule has 1 heterocycles. The van der Waals surface area contributed by atoms with E-state index in [1.165, 1.54) is 12.1 Å². The first kappa shape index (κ1) is 17.8. The maximum atomic E-state index is 12.5. The van der Waals surface area contributed by atoms with Crippen LogP contribution in [-0.4, -0.2) is 17.6 Å². The number of nitrogens with one attached hydrogen (secondary N) is 2. The minimum atomic E-state index is -4.38. The molecule has 0 aliphatic rings. The molecule has 0 aliphatic heterocycles. The maximum absolute atomic E-state index is 12.5. The highest BCUT2D eigenvalue weighted by Crippen LogP contribution is 2.29. The number of rotatable bonds is 5. The van der Waals surface area contributed by atoms with Gasteiger partial charge in [-0.25, -0.2) is 4.79 Å². The molecule has 0 spiro atoms. The van der Waals surface area contributed by atoms with Gasteiger partial charge in [0.1, 0.15) is 6.61 Å². The maximum Gasteiger partial charge on any atom is 0.416 e. The van der Waals surface area contributed by atoms with Crippen LogP contribution < -0.4 is 5.32 Å². The molecule has 0 fully saturated rings. The average molecular weight is 362 g/mol. The molecule has 136 valence electrons. The first-order valence-electron chi connectivity index (χ1n) is 8.05. The molecule has 3 rings (SSSR count). The second kappa shape index (κ2) is 7.51. The highest BCUT2D eigenvalue weighted by atomic mass is 19.4. The van der Waals surface area contributed by atoms with Crippen LogP contribution in [0.4, 0.5) is 18.0 Å². The van der Waals surface area contributed by atoms with E-state index in [1.54, 1.807) is 0 Å². The van der Waals surface area contributed by atoms with Gasteiger partial charge in [0, 0.05) is 23.6 Å². The number of halogens is 3. The monoisotopic (exact) mass is 362 g/mol. The van der Waals surface area contributed by atoms with Crippen molar-refractivity contribution < 1.29 is 22.7 Å². The molecule has 0 radical (unpaired) electrons. The van der Waals surface area contributed by atoms with Crippen LogP contribution in [-0.2, 0) is 23.9 Å². The molecule has 0 saturated heterocycles. The number of hydrogen-bond acceptors (Lipinski definition) is 2. The normalized spacial score (nSPS) is 11.5. The van der Waals surface area contributed by atoms with Gasteiger partial charge in [-0.15, -0.1) is 0 Å². The highest BCUT2D eigenvalue weighted by molar-refractivity contribution is 5.83. The topological polar surface area (TPSA) is 54.1 Å². The Bertz CT molecular complexity index is 886. The number of alkyl halides is 3. The Hall–Kier alpha value is -2.96. The second-order valence-corrected chi connectivity index (χ2v) is 5.81. The Morgan fingerprint density at radius 2 is 1.81 bits per heavy atom. The van der Waals surface area contributed by atoms with Crippen molar-refractivity contribution in [3.8, 4) is 0 Å². The van der Waals surface area contributed by atoms with Gasteiger partial charge in [0.25, 0.3) is 0 Å². The van der Waals surface area contributed by atoms with Crippen molar-refractivity contribution in [2.75, 3.05) is 6.54 Å². The second-order valence-electron chi connectivity index (χ2n) is 5.81. The van der Waals surface area contributed by atoms with E-state index >= 15 is 0 Å². The van der Waals surface area contributed by atoms with Gasteiger partial charge < -0.3 is 15.0 Å². The molecule has 2 aromatic carbocycles. The standard InChI is InChI=1S/C19H17F3N2O2/c20-19(21,22)15-7-5-13(6-8-15)12-26-18(25)23-10-9-14-11-24-17-4-2-1-3-16(14)17/h1-8,11,24H,9-10,12H2,(H,23,25). The van der Waals surface area contributed by atoms with Gasteiger partial charge in [-0.2, -0.15) is 13.2 Å². The van der Waals surface area contributed by atoms with Gasteiger partial charge in [0.05, 0.1) is 5.56 Å². The summed E-state index contributed by atoms with van der Waals surface area (Å²) in [4.78, 5) is 14.9. The zero-order valence-corrected chi connectivity index (χ0v) is 13.8. The number of alkyl carbamates (subject to hydrolysis) is 1. The fourth-order valence-electron chi connectivity index (χ4n) is 2.63. The molecule has 26 heavy (non-hydrogen) atoms. The van der Waals surface area contributed by atoms with Gasteiger partial charge in [-0.3, -0.25) is 0 Å². The van der Waals surface area contributed by atoms with Crippen molar-refractivity contribution in [3.05, 3.63) is 71.4 Å². The first-order chi connectivity index (χ1) is 12.4. The van der Waals surface area contributed by atoms with E-state index in [0.717, 1.165) is 28.6 Å². The van der Waals surface area contributed by atoms with Gasteiger partial charge in [-0.1, -0.05) is 30.3 Å². The van der Waals surface area contributed by atoms with Crippen LogP contribution in [0.15, 0.2) is 54.7 Å². The predicted octanol–water partition coefficient (Wildman–Crippen LogP) is 4.66. The fraction of sp³-hybridized carbons (Fsp3) is 0.211. The molecular formula is C19H17F3N2O2. The van der Waals surface area contributed by atoms with Gasteiger partial charge >= 0.3 is 12.3 Å². The number of benzene rings is 2. The largest absolute Gasteiger partial charge is 0.445 e. The fourth-order valence-corrected chi connectivity index (χ4v) is 2.63. The Kier molecular flexibility index (Phi) is 5.16.